The van der Waals surface area contributed by atoms with Gasteiger partial charge in [-0.1, -0.05) is 29.8 Å². The largest absolute Gasteiger partial charge is 0.506 e. The van der Waals surface area contributed by atoms with Crippen LogP contribution in [0.3, 0.4) is 0 Å². The Balaban J connectivity index is 1.84. The van der Waals surface area contributed by atoms with Crippen molar-refractivity contribution in [2.45, 2.75) is 19.3 Å². The molecule has 114 valence electrons. The second-order valence-corrected chi connectivity index (χ2v) is 5.74. The maximum atomic E-state index is 12.6. The zero-order valence-electron chi connectivity index (χ0n) is 12.1. The van der Waals surface area contributed by atoms with Gasteiger partial charge in [0.1, 0.15) is 5.75 Å². The molecule has 0 bridgehead atoms. The fourth-order valence-electron chi connectivity index (χ4n) is 2.68. The second kappa shape index (κ2) is 6.28. The van der Waals surface area contributed by atoms with E-state index in [0.29, 0.717) is 12.2 Å². The molecule has 2 aromatic carbocycles. The Morgan fingerprint density at radius 3 is 2.82 bits per heavy atom. The Hall–Kier alpha value is -2.20. The van der Waals surface area contributed by atoms with Crippen LogP contribution in [0.25, 0.3) is 0 Å². The Morgan fingerprint density at radius 1 is 1.18 bits per heavy atom. The van der Waals surface area contributed by atoms with E-state index in [9.17, 15) is 9.90 Å². The number of carbonyl (C=O) groups excluding carboxylic acids is 1. The lowest BCUT2D eigenvalue weighted by Gasteiger charge is -2.23. The van der Waals surface area contributed by atoms with E-state index in [1.165, 1.54) is 11.6 Å². The zero-order chi connectivity index (χ0) is 15.5. The maximum Gasteiger partial charge on any atom is 0.326 e. The van der Waals surface area contributed by atoms with Gasteiger partial charge in [0.05, 0.1) is 5.02 Å². The number of urea groups is 1. The van der Waals surface area contributed by atoms with Crippen LogP contribution in [-0.2, 0) is 6.42 Å². The van der Waals surface area contributed by atoms with Gasteiger partial charge < -0.3 is 10.4 Å². The number of carbonyl (C=O) groups is 1. The molecule has 0 saturated heterocycles. The summed E-state index contributed by atoms with van der Waals surface area (Å²) in [6, 6.07) is 12.4. The van der Waals surface area contributed by atoms with Crippen LogP contribution < -0.4 is 10.2 Å². The van der Waals surface area contributed by atoms with Gasteiger partial charge in [-0.2, -0.15) is 0 Å². The number of aryl methyl sites for hydroxylation is 1. The molecule has 2 amide bonds. The maximum absolute atomic E-state index is 12.6. The lowest BCUT2D eigenvalue weighted by Crippen LogP contribution is -2.35. The molecule has 2 N–H and O–H groups in total. The summed E-state index contributed by atoms with van der Waals surface area (Å²) in [4.78, 5) is 14.4. The van der Waals surface area contributed by atoms with Crippen LogP contribution in [0.5, 0.6) is 5.75 Å². The number of nitrogens with zero attached hydrogens (tertiary/aromatic N) is 1. The predicted molar refractivity (Wildman–Crippen MR) is 88.9 cm³/mol. The van der Waals surface area contributed by atoms with Crippen molar-refractivity contribution in [2.75, 3.05) is 16.8 Å². The lowest BCUT2D eigenvalue weighted by atomic mass is 10.1. The number of para-hydroxylation sites is 1. The molecule has 0 aromatic heterocycles. The lowest BCUT2D eigenvalue weighted by molar-refractivity contribution is 0.257. The van der Waals surface area contributed by atoms with Crippen LogP contribution in [-0.4, -0.2) is 17.7 Å². The summed E-state index contributed by atoms with van der Waals surface area (Å²) in [7, 11) is 0. The van der Waals surface area contributed by atoms with Gasteiger partial charge in [0.2, 0.25) is 0 Å². The molecule has 0 atom stereocenters. The number of benzene rings is 2. The third kappa shape index (κ3) is 3.02. The van der Waals surface area contributed by atoms with Crippen molar-refractivity contribution in [3.8, 4) is 5.75 Å². The number of nitrogens with one attached hydrogen (secondary N) is 1. The summed E-state index contributed by atoms with van der Waals surface area (Å²) in [6.45, 7) is 0.689. The van der Waals surface area contributed by atoms with Crippen molar-refractivity contribution in [2.24, 2.45) is 0 Å². The average Bonchev–Trinajstić information content (AvgIpc) is 2.73. The number of phenolic OH excluding ortho intramolecular Hbond substituents is 1. The van der Waals surface area contributed by atoms with E-state index in [1.54, 1.807) is 17.0 Å². The molecule has 0 fully saturated rings. The SMILES string of the molecule is O=C(Nc1ccc(O)c(Cl)c1)N1CCCCc2ccccc21. The average molecular weight is 317 g/mol. The smallest absolute Gasteiger partial charge is 0.326 e. The van der Waals surface area contributed by atoms with Crippen LogP contribution in [0.4, 0.5) is 16.2 Å². The molecule has 1 aliphatic heterocycles. The molecule has 2 aromatic rings. The first-order chi connectivity index (χ1) is 10.6. The van der Waals surface area contributed by atoms with Crippen LogP contribution in [0, 0.1) is 0 Å². The highest BCUT2D eigenvalue weighted by molar-refractivity contribution is 6.32. The van der Waals surface area contributed by atoms with Crippen molar-refractivity contribution in [1.82, 2.24) is 0 Å². The minimum Gasteiger partial charge on any atom is -0.506 e. The molecule has 0 radical (unpaired) electrons. The molecular weight excluding hydrogens is 300 g/mol. The Morgan fingerprint density at radius 2 is 2.00 bits per heavy atom. The number of amides is 2. The monoisotopic (exact) mass is 316 g/mol. The number of hydrogen-bond donors (Lipinski definition) is 2. The van der Waals surface area contributed by atoms with Gasteiger partial charge in [-0.15, -0.1) is 0 Å². The van der Waals surface area contributed by atoms with E-state index in [0.717, 1.165) is 24.9 Å². The minimum absolute atomic E-state index is 0.000200. The highest BCUT2D eigenvalue weighted by Gasteiger charge is 2.21. The summed E-state index contributed by atoms with van der Waals surface area (Å²) >= 11 is 5.88. The van der Waals surface area contributed by atoms with Gasteiger partial charge in [-0.25, -0.2) is 4.79 Å². The number of fused-ring (bicyclic) bond motifs is 1. The van der Waals surface area contributed by atoms with E-state index in [-0.39, 0.29) is 16.8 Å². The normalized spacial score (nSPS) is 14.1. The van der Waals surface area contributed by atoms with E-state index in [1.807, 2.05) is 18.2 Å². The topological polar surface area (TPSA) is 52.6 Å². The Bertz CT molecular complexity index is 703. The summed E-state index contributed by atoms with van der Waals surface area (Å²) < 4.78 is 0. The number of rotatable bonds is 1. The van der Waals surface area contributed by atoms with Crippen molar-refractivity contribution < 1.29 is 9.90 Å². The van der Waals surface area contributed by atoms with Crippen molar-refractivity contribution >= 4 is 29.0 Å². The molecule has 0 aliphatic carbocycles. The molecule has 0 unspecified atom stereocenters. The van der Waals surface area contributed by atoms with E-state index < -0.39 is 0 Å². The Labute approximate surface area is 134 Å². The van der Waals surface area contributed by atoms with Gasteiger partial charge in [0, 0.05) is 17.9 Å². The highest BCUT2D eigenvalue weighted by Crippen LogP contribution is 2.29. The van der Waals surface area contributed by atoms with E-state index in [4.69, 9.17) is 11.6 Å². The predicted octanol–water partition coefficient (Wildman–Crippen LogP) is 4.42. The number of hydrogen-bond acceptors (Lipinski definition) is 2. The van der Waals surface area contributed by atoms with Crippen LogP contribution >= 0.6 is 11.6 Å². The van der Waals surface area contributed by atoms with Gasteiger partial charge >= 0.3 is 6.03 Å². The molecule has 22 heavy (non-hydrogen) atoms. The third-order valence-corrected chi connectivity index (χ3v) is 4.11. The molecule has 5 heteroatoms. The molecule has 1 heterocycles. The van der Waals surface area contributed by atoms with Crippen LogP contribution in [0.1, 0.15) is 18.4 Å². The van der Waals surface area contributed by atoms with Crippen molar-refractivity contribution in [3.63, 3.8) is 0 Å². The van der Waals surface area contributed by atoms with Crippen molar-refractivity contribution in [1.29, 1.82) is 0 Å². The third-order valence-electron chi connectivity index (χ3n) is 3.80. The van der Waals surface area contributed by atoms with Gasteiger partial charge in [-0.3, -0.25) is 4.90 Å². The molecule has 0 spiro atoms. The fraction of sp³-hybridized carbons (Fsp3) is 0.235. The number of phenols is 1. The van der Waals surface area contributed by atoms with Gasteiger partial charge in [0.25, 0.3) is 0 Å². The summed E-state index contributed by atoms with van der Waals surface area (Å²) in [5.74, 6) is -0.000200. The zero-order valence-corrected chi connectivity index (χ0v) is 12.8. The van der Waals surface area contributed by atoms with E-state index in [2.05, 4.69) is 11.4 Å². The highest BCUT2D eigenvalue weighted by atomic mass is 35.5. The standard InChI is InChI=1S/C17H17ClN2O2/c18-14-11-13(8-9-16(14)21)19-17(22)20-10-4-3-6-12-5-1-2-7-15(12)20/h1-2,5,7-9,11,21H,3-4,6,10H2,(H,19,22). The van der Waals surface area contributed by atoms with Crippen molar-refractivity contribution in [3.05, 3.63) is 53.1 Å². The molecule has 1 aliphatic rings. The second-order valence-electron chi connectivity index (χ2n) is 5.33. The molecule has 3 rings (SSSR count). The van der Waals surface area contributed by atoms with Crippen LogP contribution in [0.15, 0.2) is 42.5 Å². The van der Waals surface area contributed by atoms with E-state index >= 15 is 0 Å². The number of halogens is 1. The van der Waals surface area contributed by atoms with Crippen LogP contribution in [0.2, 0.25) is 5.02 Å². The first-order valence-electron chi connectivity index (χ1n) is 7.30. The summed E-state index contributed by atoms with van der Waals surface area (Å²) in [6.07, 6.45) is 3.04. The minimum atomic E-state index is -0.184. The molecule has 4 nitrogen and oxygen atoms in total. The Kier molecular flexibility index (Phi) is 4.20. The first kappa shape index (κ1) is 14.7. The first-order valence-corrected chi connectivity index (χ1v) is 7.68. The molecule has 0 saturated carbocycles. The quantitative estimate of drug-likeness (QED) is 0.765. The van der Waals surface area contributed by atoms with Gasteiger partial charge in [-0.05, 0) is 49.1 Å². The molecular formula is C17H17ClN2O2. The van der Waals surface area contributed by atoms with Gasteiger partial charge in [0.15, 0.2) is 0 Å². The number of aromatic hydroxyl groups is 1. The summed E-state index contributed by atoms with van der Waals surface area (Å²) in [5.41, 5.74) is 2.72. The number of anilines is 2. The summed E-state index contributed by atoms with van der Waals surface area (Å²) in [5, 5.41) is 12.5. The fourth-order valence-corrected chi connectivity index (χ4v) is 2.86.